The van der Waals surface area contributed by atoms with Crippen LogP contribution in [-0.2, 0) is 16.0 Å². The highest BCUT2D eigenvalue weighted by Crippen LogP contribution is 2.43. The third-order valence-electron chi connectivity index (χ3n) is 6.06. The molecule has 0 spiro atoms. The third-order valence-corrected chi connectivity index (χ3v) is 6.06. The van der Waals surface area contributed by atoms with Crippen LogP contribution in [0.5, 0.6) is 17.2 Å². The van der Waals surface area contributed by atoms with Crippen molar-refractivity contribution in [2.45, 2.75) is 19.4 Å². The first-order valence-electron chi connectivity index (χ1n) is 11.5. The van der Waals surface area contributed by atoms with E-state index >= 15 is 0 Å². The molecule has 1 atom stereocenters. The second-order valence-corrected chi connectivity index (χ2v) is 8.23. The highest BCUT2D eigenvalue weighted by atomic mass is 19.1. The number of aromatic hydroxyl groups is 1. The summed E-state index contributed by atoms with van der Waals surface area (Å²) >= 11 is 0. The van der Waals surface area contributed by atoms with Gasteiger partial charge in [0.05, 0.1) is 30.9 Å². The number of benzene rings is 3. The van der Waals surface area contributed by atoms with Gasteiger partial charge in [-0.05, 0) is 60.9 Å². The summed E-state index contributed by atoms with van der Waals surface area (Å²) in [6.07, 6.45) is 0.356. The van der Waals surface area contributed by atoms with Crippen LogP contribution in [0.2, 0.25) is 0 Å². The van der Waals surface area contributed by atoms with Crippen molar-refractivity contribution >= 4 is 17.4 Å². The average molecular weight is 492 g/mol. The van der Waals surface area contributed by atoms with Crippen molar-refractivity contribution in [3.05, 3.63) is 94.8 Å². The summed E-state index contributed by atoms with van der Waals surface area (Å²) in [5.41, 5.74) is 1.43. The van der Waals surface area contributed by atoms with E-state index in [-0.39, 0.29) is 40.8 Å². The van der Waals surface area contributed by atoms with Crippen LogP contribution in [0.1, 0.15) is 29.7 Å². The molecule has 0 saturated carbocycles. The van der Waals surface area contributed by atoms with Crippen LogP contribution in [0.4, 0.5) is 4.39 Å². The van der Waals surface area contributed by atoms with Crippen molar-refractivity contribution in [2.75, 3.05) is 20.3 Å². The van der Waals surface area contributed by atoms with Crippen molar-refractivity contribution in [1.82, 2.24) is 4.90 Å². The number of nitrogens with zero attached hydrogens (tertiary/aromatic N) is 1. The van der Waals surface area contributed by atoms with Gasteiger partial charge in [-0.15, -0.1) is 0 Å². The van der Waals surface area contributed by atoms with E-state index in [1.807, 2.05) is 0 Å². The van der Waals surface area contributed by atoms with Gasteiger partial charge in [0.15, 0.2) is 11.5 Å². The third kappa shape index (κ3) is 4.75. The molecular weight excluding hydrogens is 465 g/mol. The molecule has 4 rings (SSSR count). The van der Waals surface area contributed by atoms with E-state index in [1.165, 1.54) is 30.2 Å². The van der Waals surface area contributed by atoms with Gasteiger partial charge in [-0.1, -0.05) is 30.3 Å². The van der Waals surface area contributed by atoms with E-state index in [4.69, 9.17) is 9.47 Å². The largest absolute Gasteiger partial charge is 0.507 e. The topological polar surface area (TPSA) is 96.3 Å². The Bertz CT molecular complexity index is 1320. The van der Waals surface area contributed by atoms with Gasteiger partial charge in [0, 0.05) is 6.54 Å². The number of hydrogen-bond donors (Lipinski definition) is 2. The fraction of sp³-hybridized carbons (Fsp3) is 0.214. The molecule has 0 aromatic heterocycles. The Morgan fingerprint density at radius 3 is 2.44 bits per heavy atom. The number of aliphatic hydroxyl groups excluding tert-OH is 1. The van der Waals surface area contributed by atoms with Crippen LogP contribution in [-0.4, -0.2) is 47.1 Å². The molecule has 3 aromatic carbocycles. The maximum atomic E-state index is 13.3. The standard InChI is InChI=1S/C28H26FNO6/c1-3-36-23-16-18(10-13-21(23)31)25-24(26(32)20-6-4-5-7-22(20)35-2)27(33)28(34)30(25)15-14-17-8-11-19(29)12-9-17/h4-13,16,25,31-32H,3,14-15H2,1-2H3/b26-24-. The molecule has 3 aromatic rings. The summed E-state index contributed by atoms with van der Waals surface area (Å²) in [6.45, 7) is 2.19. The monoisotopic (exact) mass is 491 g/mol. The molecule has 7 nitrogen and oxygen atoms in total. The number of amides is 1. The first-order chi connectivity index (χ1) is 17.3. The molecule has 36 heavy (non-hydrogen) atoms. The normalized spacial score (nSPS) is 16.9. The number of phenols is 1. The number of aliphatic hydroxyl groups is 1. The molecule has 186 valence electrons. The second kappa shape index (κ2) is 10.5. The van der Waals surface area contributed by atoms with Crippen molar-refractivity contribution in [3.8, 4) is 17.2 Å². The number of ether oxygens (including phenoxy) is 2. The Morgan fingerprint density at radius 1 is 1.03 bits per heavy atom. The van der Waals surface area contributed by atoms with Gasteiger partial charge < -0.3 is 24.6 Å². The van der Waals surface area contributed by atoms with Crippen molar-refractivity contribution in [1.29, 1.82) is 0 Å². The lowest BCUT2D eigenvalue weighted by molar-refractivity contribution is -0.139. The molecule has 1 aliphatic heterocycles. The van der Waals surface area contributed by atoms with E-state index in [2.05, 4.69) is 0 Å². The smallest absolute Gasteiger partial charge is 0.295 e. The zero-order valence-electron chi connectivity index (χ0n) is 19.9. The highest BCUT2D eigenvalue weighted by molar-refractivity contribution is 6.46. The van der Waals surface area contributed by atoms with E-state index in [0.717, 1.165) is 5.56 Å². The number of carbonyl (C=O) groups excluding carboxylic acids is 2. The predicted molar refractivity (Wildman–Crippen MR) is 131 cm³/mol. The highest BCUT2D eigenvalue weighted by Gasteiger charge is 2.46. The predicted octanol–water partition coefficient (Wildman–Crippen LogP) is 4.60. The number of Topliss-reactive ketones (excluding diaryl/α,β-unsaturated/α-hetero) is 1. The van der Waals surface area contributed by atoms with Crippen molar-refractivity contribution in [2.24, 2.45) is 0 Å². The van der Waals surface area contributed by atoms with Gasteiger partial charge in [-0.2, -0.15) is 0 Å². The quantitative estimate of drug-likeness (QED) is 0.272. The minimum atomic E-state index is -0.949. The van der Waals surface area contributed by atoms with Crippen molar-refractivity contribution in [3.63, 3.8) is 0 Å². The fourth-order valence-corrected chi connectivity index (χ4v) is 4.32. The number of halogens is 1. The molecule has 2 N–H and O–H groups in total. The Hall–Kier alpha value is -4.33. The van der Waals surface area contributed by atoms with Gasteiger partial charge in [0.25, 0.3) is 11.7 Å². The minimum absolute atomic E-state index is 0.0893. The number of carbonyl (C=O) groups is 2. The zero-order chi connectivity index (χ0) is 25.8. The summed E-state index contributed by atoms with van der Waals surface area (Å²) in [5.74, 6) is -1.91. The summed E-state index contributed by atoms with van der Waals surface area (Å²) in [7, 11) is 1.44. The molecular formula is C28H26FNO6. The molecule has 1 aliphatic rings. The maximum absolute atomic E-state index is 13.3. The SMILES string of the molecule is CCOc1cc(C2/C(=C(/O)c3ccccc3OC)C(=O)C(=O)N2CCc2ccc(F)cc2)ccc1O. The van der Waals surface area contributed by atoms with E-state index in [9.17, 15) is 24.2 Å². The molecule has 1 saturated heterocycles. The number of hydrogen-bond acceptors (Lipinski definition) is 6. The lowest BCUT2D eigenvalue weighted by atomic mass is 9.94. The molecule has 0 bridgehead atoms. The number of ketones is 1. The molecule has 1 unspecified atom stereocenters. The molecule has 1 amide bonds. The number of likely N-dealkylation sites (tertiary alicyclic amines) is 1. The maximum Gasteiger partial charge on any atom is 0.295 e. The van der Waals surface area contributed by atoms with Crippen LogP contribution >= 0.6 is 0 Å². The van der Waals surface area contributed by atoms with Crippen LogP contribution in [0, 0.1) is 5.82 Å². The molecule has 0 radical (unpaired) electrons. The molecule has 1 fully saturated rings. The van der Waals surface area contributed by atoms with E-state index < -0.39 is 17.7 Å². The van der Waals surface area contributed by atoms with Gasteiger partial charge >= 0.3 is 0 Å². The molecule has 0 aliphatic carbocycles. The Balaban J connectivity index is 1.83. The van der Waals surface area contributed by atoms with Crippen LogP contribution < -0.4 is 9.47 Å². The van der Waals surface area contributed by atoms with Crippen LogP contribution in [0.3, 0.4) is 0 Å². The number of rotatable bonds is 8. The van der Waals surface area contributed by atoms with Crippen molar-refractivity contribution < 1.29 is 33.7 Å². The minimum Gasteiger partial charge on any atom is -0.507 e. The fourth-order valence-electron chi connectivity index (χ4n) is 4.32. The number of phenolic OH excluding ortho intramolecular Hbond substituents is 1. The Labute approximate surface area is 208 Å². The average Bonchev–Trinajstić information content (AvgIpc) is 3.14. The number of para-hydroxylation sites is 1. The Kier molecular flexibility index (Phi) is 7.24. The van der Waals surface area contributed by atoms with Gasteiger partial charge in [-0.3, -0.25) is 9.59 Å². The molecule has 8 heteroatoms. The summed E-state index contributed by atoms with van der Waals surface area (Å²) in [5, 5.41) is 21.5. The lowest BCUT2D eigenvalue weighted by Crippen LogP contribution is -2.31. The first kappa shape index (κ1) is 24.8. The van der Waals surface area contributed by atoms with E-state index in [1.54, 1.807) is 55.5 Å². The van der Waals surface area contributed by atoms with Crippen LogP contribution in [0.25, 0.3) is 5.76 Å². The summed E-state index contributed by atoms with van der Waals surface area (Å²) < 4.78 is 24.2. The summed E-state index contributed by atoms with van der Waals surface area (Å²) in [6, 6.07) is 16.1. The second-order valence-electron chi connectivity index (χ2n) is 8.23. The van der Waals surface area contributed by atoms with E-state index in [0.29, 0.717) is 24.3 Å². The first-order valence-corrected chi connectivity index (χ1v) is 11.5. The summed E-state index contributed by atoms with van der Waals surface area (Å²) in [4.78, 5) is 27.8. The van der Waals surface area contributed by atoms with Gasteiger partial charge in [0.1, 0.15) is 17.3 Å². The zero-order valence-corrected chi connectivity index (χ0v) is 19.9. The van der Waals surface area contributed by atoms with Crippen LogP contribution in [0.15, 0.2) is 72.3 Å². The Morgan fingerprint density at radius 2 is 1.75 bits per heavy atom. The lowest BCUT2D eigenvalue weighted by Gasteiger charge is -2.26. The molecule has 1 heterocycles. The van der Waals surface area contributed by atoms with Gasteiger partial charge in [0.2, 0.25) is 0 Å². The van der Waals surface area contributed by atoms with Gasteiger partial charge in [-0.25, -0.2) is 4.39 Å². The number of methoxy groups -OCH3 is 1.